The summed E-state index contributed by atoms with van der Waals surface area (Å²) in [6.07, 6.45) is 0.0930. The zero-order valence-electron chi connectivity index (χ0n) is 22.6. The van der Waals surface area contributed by atoms with E-state index in [9.17, 15) is 19.2 Å². The molecule has 2 aromatic rings. The SMILES string of the molecule is Cn1c(=O)n(C2CCC(=O)NC2=O)c2ccc(N3CCN(CCOCCNC(=O)OC(C)(C)C)CC3)cc21. The van der Waals surface area contributed by atoms with Crippen molar-refractivity contribution >= 4 is 34.6 Å². The lowest BCUT2D eigenvalue weighted by Crippen LogP contribution is -2.47. The van der Waals surface area contributed by atoms with E-state index in [1.54, 1.807) is 11.6 Å². The lowest BCUT2D eigenvalue weighted by Gasteiger charge is -2.36. The molecule has 3 heterocycles. The Morgan fingerprint density at radius 3 is 2.50 bits per heavy atom. The minimum absolute atomic E-state index is 0.218. The van der Waals surface area contributed by atoms with Gasteiger partial charge in [0.2, 0.25) is 11.8 Å². The average Bonchev–Trinajstić information content (AvgIpc) is 3.10. The van der Waals surface area contributed by atoms with E-state index in [1.807, 2.05) is 39.0 Å². The summed E-state index contributed by atoms with van der Waals surface area (Å²) < 4.78 is 13.9. The number of anilines is 1. The van der Waals surface area contributed by atoms with E-state index < -0.39 is 23.6 Å². The van der Waals surface area contributed by atoms with Crippen molar-refractivity contribution in [2.24, 2.45) is 7.05 Å². The first kappa shape index (κ1) is 27.6. The van der Waals surface area contributed by atoms with Crippen molar-refractivity contribution in [2.45, 2.75) is 45.3 Å². The molecule has 0 radical (unpaired) electrons. The lowest BCUT2D eigenvalue weighted by atomic mass is 10.1. The van der Waals surface area contributed by atoms with Gasteiger partial charge < -0.3 is 19.7 Å². The summed E-state index contributed by atoms with van der Waals surface area (Å²) in [7, 11) is 1.71. The zero-order valence-corrected chi connectivity index (χ0v) is 22.6. The highest BCUT2D eigenvalue weighted by molar-refractivity contribution is 6.00. The summed E-state index contributed by atoms with van der Waals surface area (Å²) in [5, 5.41) is 5.03. The number of aryl methyl sites for hydroxylation is 1. The molecule has 12 heteroatoms. The van der Waals surface area contributed by atoms with Gasteiger partial charge in [0.15, 0.2) is 0 Å². The van der Waals surface area contributed by atoms with Crippen LogP contribution in [0.1, 0.15) is 39.7 Å². The van der Waals surface area contributed by atoms with Crippen molar-refractivity contribution in [2.75, 3.05) is 57.4 Å². The number of nitrogens with zero attached hydrogens (tertiary/aromatic N) is 4. The smallest absolute Gasteiger partial charge is 0.407 e. The van der Waals surface area contributed by atoms with Crippen LogP contribution in [0, 0.1) is 0 Å². The highest BCUT2D eigenvalue weighted by atomic mass is 16.6. The molecule has 1 unspecified atom stereocenters. The van der Waals surface area contributed by atoms with E-state index in [2.05, 4.69) is 20.4 Å². The van der Waals surface area contributed by atoms with Gasteiger partial charge in [0.05, 0.1) is 24.2 Å². The number of amides is 3. The van der Waals surface area contributed by atoms with Gasteiger partial charge in [0, 0.05) is 58.4 Å². The first-order valence-electron chi connectivity index (χ1n) is 13.1. The molecule has 2 N–H and O–H groups in total. The van der Waals surface area contributed by atoms with Gasteiger partial charge in [-0.3, -0.25) is 28.9 Å². The highest BCUT2D eigenvalue weighted by Crippen LogP contribution is 2.27. The molecule has 2 aliphatic heterocycles. The molecule has 0 aliphatic carbocycles. The predicted octanol–water partition coefficient (Wildman–Crippen LogP) is 0.981. The second-order valence-electron chi connectivity index (χ2n) is 10.7. The molecule has 1 aromatic carbocycles. The Bertz CT molecular complexity index is 1240. The molecular formula is C26H38N6O6. The standard InChI is InChI=1S/C26H38N6O6/c1-26(2,3)38-24(35)27-9-15-37-16-14-30-10-12-31(13-11-30)18-5-6-19-21(17-18)29(4)25(36)32(19)20-7-8-22(33)28-23(20)34/h5-6,17,20H,7-16H2,1-4H3,(H,27,35)(H,28,33,34). The molecule has 208 valence electrons. The molecule has 38 heavy (non-hydrogen) atoms. The number of imide groups is 1. The van der Waals surface area contributed by atoms with Crippen molar-refractivity contribution < 1.29 is 23.9 Å². The average molecular weight is 531 g/mol. The summed E-state index contributed by atoms with van der Waals surface area (Å²) in [6.45, 7) is 11.1. The van der Waals surface area contributed by atoms with E-state index in [4.69, 9.17) is 9.47 Å². The molecule has 0 bridgehead atoms. The van der Waals surface area contributed by atoms with Crippen molar-refractivity contribution in [1.29, 1.82) is 0 Å². The number of ether oxygens (including phenoxy) is 2. The zero-order chi connectivity index (χ0) is 27.4. The highest BCUT2D eigenvalue weighted by Gasteiger charge is 2.31. The number of hydrogen-bond donors (Lipinski definition) is 2. The van der Waals surface area contributed by atoms with E-state index in [-0.39, 0.29) is 18.0 Å². The van der Waals surface area contributed by atoms with Crippen LogP contribution < -0.4 is 21.2 Å². The van der Waals surface area contributed by atoms with Crippen molar-refractivity contribution in [1.82, 2.24) is 24.7 Å². The van der Waals surface area contributed by atoms with Crippen LogP contribution in [0.5, 0.6) is 0 Å². The van der Waals surface area contributed by atoms with Gasteiger partial charge in [-0.15, -0.1) is 0 Å². The number of rotatable bonds is 8. The summed E-state index contributed by atoms with van der Waals surface area (Å²) in [5.74, 6) is -0.734. The Morgan fingerprint density at radius 2 is 1.82 bits per heavy atom. The number of hydrogen-bond acceptors (Lipinski definition) is 8. The maximum absolute atomic E-state index is 13.0. The van der Waals surface area contributed by atoms with Gasteiger partial charge in [-0.25, -0.2) is 9.59 Å². The van der Waals surface area contributed by atoms with Crippen LogP contribution in [0.15, 0.2) is 23.0 Å². The summed E-state index contributed by atoms with van der Waals surface area (Å²) >= 11 is 0. The number of alkyl carbamates (subject to hydrolysis) is 1. The normalized spacial score (nSPS) is 19.1. The summed E-state index contributed by atoms with van der Waals surface area (Å²) in [4.78, 5) is 53.2. The Kier molecular flexibility index (Phi) is 8.41. The van der Waals surface area contributed by atoms with Crippen molar-refractivity contribution in [3.05, 3.63) is 28.7 Å². The number of carbonyl (C=O) groups is 3. The van der Waals surface area contributed by atoms with E-state index >= 15 is 0 Å². The first-order valence-corrected chi connectivity index (χ1v) is 13.1. The third-order valence-corrected chi connectivity index (χ3v) is 6.80. The van der Waals surface area contributed by atoms with Gasteiger partial charge in [0.25, 0.3) is 0 Å². The van der Waals surface area contributed by atoms with Crippen LogP contribution in [0.4, 0.5) is 10.5 Å². The van der Waals surface area contributed by atoms with Gasteiger partial charge in [-0.1, -0.05) is 0 Å². The fourth-order valence-electron chi connectivity index (χ4n) is 4.84. The Labute approximate surface area is 221 Å². The number of fused-ring (bicyclic) bond motifs is 1. The van der Waals surface area contributed by atoms with Gasteiger partial charge in [-0.2, -0.15) is 0 Å². The van der Waals surface area contributed by atoms with Crippen LogP contribution in [0.3, 0.4) is 0 Å². The molecule has 2 fully saturated rings. The van der Waals surface area contributed by atoms with E-state index in [1.165, 1.54) is 4.57 Å². The number of piperazine rings is 1. The number of carbonyl (C=O) groups excluding carboxylic acids is 3. The number of nitrogens with one attached hydrogen (secondary N) is 2. The Hall–Kier alpha value is -3.38. The van der Waals surface area contributed by atoms with Crippen molar-refractivity contribution in [3.63, 3.8) is 0 Å². The minimum atomic E-state index is -0.686. The third-order valence-electron chi connectivity index (χ3n) is 6.80. The van der Waals surface area contributed by atoms with E-state index in [0.717, 1.165) is 43.9 Å². The largest absolute Gasteiger partial charge is 0.444 e. The van der Waals surface area contributed by atoms with E-state index in [0.29, 0.717) is 31.7 Å². The number of benzene rings is 1. The second-order valence-corrected chi connectivity index (χ2v) is 10.7. The Balaban J connectivity index is 1.26. The first-order chi connectivity index (χ1) is 18.0. The maximum atomic E-state index is 13.0. The van der Waals surface area contributed by atoms with Crippen LogP contribution in [-0.4, -0.2) is 90.0 Å². The van der Waals surface area contributed by atoms with Gasteiger partial charge >= 0.3 is 11.8 Å². The summed E-state index contributed by atoms with van der Waals surface area (Å²) in [6, 6.07) is 5.19. The fourth-order valence-corrected chi connectivity index (χ4v) is 4.84. The minimum Gasteiger partial charge on any atom is -0.444 e. The van der Waals surface area contributed by atoms with Gasteiger partial charge in [-0.05, 0) is 45.4 Å². The monoisotopic (exact) mass is 530 g/mol. The van der Waals surface area contributed by atoms with Gasteiger partial charge in [0.1, 0.15) is 11.6 Å². The molecule has 1 atom stereocenters. The topological polar surface area (TPSA) is 127 Å². The molecule has 0 spiro atoms. The molecule has 1 aromatic heterocycles. The quantitative estimate of drug-likeness (QED) is 0.382. The molecule has 12 nitrogen and oxygen atoms in total. The molecule has 2 saturated heterocycles. The maximum Gasteiger partial charge on any atom is 0.407 e. The second kappa shape index (κ2) is 11.6. The van der Waals surface area contributed by atoms with Crippen molar-refractivity contribution in [3.8, 4) is 0 Å². The third kappa shape index (κ3) is 6.54. The number of imidazole rings is 1. The number of piperidine rings is 1. The van der Waals surface area contributed by atoms with Crippen LogP contribution in [0.25, 0.3) is 11.0 Å². The summed E-state index contributed by atoms with van der Waals surface area (Å²) in [5.41, 5.74) is 1.69. The van der Waals surface area contributed by atoms with Crippen LogP contribution in [0.2, 0.25) is 0 Å². The number of aromatic nitrogens is 2. The molecular weight excluding hydrogens is 492 g/mol. The molecule has 2 aliphatic rings. The molecule has 0 saturated carbocycles. The van der Waals surface area contributed by atoms with Crippen LogP contribution >= 0.6 is 0 Å². The molecule has 4 rings (SSSR count). The molecule has 3 amide bonds. The predicted molar refractivity (Wildman–Crippen MR) is 142 cm³/mol. The fraction of sp³-hybridized carbons (Fsp3) is 0.615. The van der Waals surface area contributed by atoms with Crippen LogP contribution in [-0.2, 0) is 26.1 Å². The lowest BCUT2D eigenvalue weighted by molar-refractivity contribution is -0.135. The Morgan fingerprint density at radius 1 is 1.08 bits per heavy atom.